The second kappa shape index (κ2) is 10.2. The molecule has 0 amide bonds. The largest absolute Gasteiger partial charge is 0.465 e. The number of carbonyl (C=O) groups excluding carboxylic acids is 1. The minimum Gasteiger partial charge on any atom is -0.465 e. The molecule has 0 bridgehead atoms. The lowest BCUT2D eigenvalue weighted by Gasteiger charge is -2.17. The summed E-state index contributed by atoms with van der Waals surface area (Å²) in [6.45, 7) is 2.10. The third-order valence-electron chi connectivity index (χ3n) is 4.51. The van der Waals surface area contributed by atoms with Crippen molar-refractivity contribution in [3.63, 3.8) is 0 Å². The number of benzene rings is 2. The van der Waals surface area contributed by atoms with E-state index >= 15 is 0 Å². The van der Waals surface area contributed by atoms with Gasteiger partial charge >= 0.3 is 5.97 Å². The van der Waals surface area contributed by atoms with E-state index in [0.29, 0.717) is 15.7 Å². The van der Waals surface area contributed by atoms with Gasteiger partial charge in [0.2, 0.25) is 0 Å². The number of methoxy groups -OCH3 is 1. The highest BCUT2D eigenvalue weighted by Gasteiger charge is 2.19. The third-order valence-corrected chi connectivity index (χ3v) is 5.83. The number of thiocarbonyl (C=S) groups is 1. The fourth-order valence-electron chi connectivity index (χ4n) is 2.95. The van der Waals surface area contributed by atoms with Gasteiger partial charge in [0.05, 0.1) is 12.7 Å². The predicted octanol–water partition coefficient (Wildman–Crippen LogP) is 5.51. The zero-order chi connectivity index (χ0) is 20.6. The number of hydrogen-bond donors (Lipinski definition) is 2. The molecule has 1 unspecified atom stereocenters. The average molecular weight is 425 g/mol. The third kappa shape index (κ3) is 5.89. The molecule has 150 valence electrons. The van der Waals surface area contributed by atoms with Crippen LogP contribution in [0.3, 0.4) is 0 Å². The number of thiophene rings is 1. The first kappa shape index (κ1) is 21.0. The van der Waals surface area contributed by atoms with Gasteiger partial charge in [0.1, 0.15) is 5.00 Å². The Labute approximate surface area is 180 Å². The van der Waals surface area contributed by atoms with Crippen molar-refractivity contribution in [1.29, 1.82) is 0 Å². The van der Waals surface area contributed by atoms with Gasteiger partial charge in [0.25, 0.3) is 0 Å². The molecule has 1 aromatic heterocycles. The van der Waals surface area contributed by atoms with Crippen molar-refractivity contribution in [2.75, 3.05) is 12.4 Å². The molecule has 1 atom stereocenters. The Balaban J connectivity index is 1.65. The van der Waals surface area contributed by atoms with Crippen LogP contribution in [0.2, 0.25) is 0 Å². The fourth-order valence-corrected chi connectivity index (χ4v) is 4.38. The molecule has 0 aliphatic carbocycles. The van der Waals surface area contributed by atoms with Crippen molar-refractivity contribution in [2.45, 2.75) is 25.8 Å². The van der Waals surface area contributed by atoms with Gasteiger partial charge < -0.3 is 15.4 Å². The smallest absolute Gasteiger partial charge is 0.340 e. The van der Waals surface area contributed by atoms with Crippen molar-refractivity contribution in [3.8, 4) is 10.4 Å². The lowest BCUT2D eigenvalue weighted by atomic mass is 10.1. The maximum atomic E-state index is 12.2. The number of aryl methyl sites for hydroxylation is 1. The first-order valence-corrected chi connectivity index (χ1v) is 10.7. The Kier molecular flexibility index (Phi) is 7.38. The number of ether oxygens (including phenoxy) is 1. The maximum Gasteiger partial charge on any atom is 0.340 e. The highest BCUT2D eigenvalue weighted by molar-refractivity contribution is 7.80. The van der Waals surface area contributed by atoms with E-state index in [-0.39, 0.29) is 12.0 Å². The van der Waals surface area contributed by atoms with Crippen LogP contribution in [0.5, 0.6) is 0 Å². The van der Waals surface area contributed by atoms with Crippen molar-refractivity contribution in [3.05, 3.63) is 77.9 Å². The van der Waals surface area contributed by atoms with E-state index in [4.69, 9.17) is 17.0 Å². The van der Waals surface area contributed by atoms with Gasteiger partial charge in [-0.3, -0.25) is 0 Å². The molecular formula is C23H24N2O2S2. The fraction of sp³-hybridized carbons (Fsp3) is 0.217. The molecule has 6 heteroatoms. The van der Waals surface area contributed by atoms with Crippen LogP contribution in [0.1, 0.15) is 29.3 Å². The molecule has 4 nitrogen and oxygen atoms in total. The molecule has 0 saturated carbocycles. The predicted molar refractivity (Wildman–Crippen MR) is 125 cm³/mol. The van der Waals surface area contributed by atoms with Crippen LogP contribution >= 0.6 is 23.6 Å². The van der Waals surface area contributed by atoms with Gasteiger partial charge in [-0.1, -0.05) is 60.7 Å². The zero-order valence-corrected chi connectivity index (χ0v) is 18.1. The Hall–Kier alpha value is -2.70. The molecule has 1 heterocycles. The molecule has 0 aliphatic heterocycles. The normalized spacial score (nSPS) is 11.5. The highest BCUT2D eigenvalue weighted by Crippen LogP contribution is 2.35. The summed E-state index contributed by atoms with van der Waals surface area (Å²) in [6, 6.07) is 22.4. The SMILES string of the molecule is COC(=O)c1cc(-c2ccccc2)sc1NC(=S)NC(C)CCc1ccccc1. The van der Waals surface area contributed by atoms with Crippen LogP contribution in [-0.4, -0.2) is 24.2 Å². The van der Waals surface area contributed by atoms with Gasteiger partial charge in [-0.05, 0) is 49.2 Å². The van der Waals surface area contributed by atoms with Crippen LogP contribution in [0, 0.1) is 0 Å². The van der Waals surface area contributed by atoms with Gasteiger partial charge in [0, 0.05) is 10.9 Å². The van der Waals surface area contributed by atoms with Crippen LogP contribution < -0.4 is 10.6 Å². The lowest BCUT2D eigenvalue weighted by molar-refractivity contribution is 0.0602. The lowest BCUT2D eigenvalue weighted by Crippen LogP contribution is -2.36. The van der Waals surface area contributed by atoms with Crippen molar-refractivity contribution in [1.82, 2.24) is 5.32 Å². The van der Waals surface area contributed by atoms with Gasteiger partial charge in [-0.25, -0.2) is 4.79 Å². The molecule has 29 heavy (non-hydrogen) atoms. The van der Waals surface area contributed by atoms with Gasteiger partial charge in [0.15, 0.2) is 5.11 Å². The molecule has 3 rings (SSSR count). The summed E-state index contributed by atoms with van der Waals surface area (Å²) in [4.78, 5) is 13.2. The average Bonchev–Trinajstić information content (AvgIpc) is 3.16. The Morgan fingerprint density at radius 3 is 2.41 bits per heavy atom. The molecule has 0 fully saturated rings. The molecule has 0 radical (unpaired) electrons. The van der Waals surface area contributed by atoms with Crippen LogP contribution in [0.25, 0.3) is 10.4 Å². The van der Waals surface area contributed by atoms with Crippen LogP contribution in [-0.2, 0) is 11.2 Å². The molecule has 2 N–H and O–H groups in total. The molecule has 3 aromatic rings. The summed E-state index contributed by atoms with van der Waals surface area (Å²) in [5.41, 5.74) is 2.84. The Morgan fingerprint density at radius 2 is 1.76 bits per heavy atom. The van der Waals surface area contributed by atoms with Crippen LogP contribution in [0.4, 0.5) is 5.00 Å². The van der Waals surface area contributed by atoms with E-state index < -0.39 is 0 Å². The minimum atomic E-state index is -0.383. The van der Waals surface area contributed by atoms with Crippen molar-refractivity contribution >= 4 is 39.6 Å². The highest BCUT2D eigenvalue weighted by atomic mass is 32.1. The monoisotopic (exact) mass is 424 g/mol. The second-order valence-corrected chi connectivity index (χ2v) is 8.20. The quantitative estimate of drug-likeness (QED) is 0.387. The topological polar surface area (TPSA) is 50.4 Å². The van der Waals surface area contributed by atoms with Crippen LogP contribution in [0.15, 0.2) is 66.7 Å². The van der Waals surface area contributed by atoms with E-state index in [1.165, 1.54) is 24.0 Å². The number of anilines is 1. The Morgan fingerprint density at radius 1 is 1.10 bits per heavy atom. The van der Waals surface area contributed by atoms with Crippen molar-refractivity contribution in [2.24, 2.45) is 0 Å². The summed E-state index contributed by atoms with van der Waals surface area (Å²) in [5.74, 6) is -0.383. The Bertz CT molecular complexity index is 956. The maximum absolute atomic E-state index is 12.2. The first-order chi connectivity index (χ1) is 14.1. The standard InChI is InChI=1S/C23H24N2O2S2/c1-16(13-14-17-9-5-3-6-10-17)24-23(28)25-21-19(22(26)27-2)15-20(29-21)18-11-7-4-8-12-18/h3-12,15-16H,13-14H2,1-2H3,(H2,24,25,28). The molecule has 0 spiro atoms. The van der Waals surface area contributed by atoms with E-state index in [2.05, 4.69) is 41.8 Å². The molecular weight excluding hydrogens is 400 g/mol. The van der Waals surface area contributed by atoms with Gasteiger partial charge in [-0.15, -0.1) is 11.3 Å². The summed E-state index contributed by atoms with van der Waals surface area (Å²) in [6.07, 6.45) is 1.93. The first-order valence-electron chi connectivity index (χ1n) is 9.46. The molecule has 0 aliphatic rings. The van der Waals surface area contributed by atoms with Crippen molar-refractivity contribution < 1.29 is 9.53 Å². The van der Waals surface area contributed by atoms with E-state index in [9.17, 15) is 4.79 Å². The van der Waals surface area contributed by atoms with E-state index in [1.807, 2.05) is 42.5 Å². The number of esters is 1. The van der Waals surface area contributed by atoms with E-state index in [1.54, 1.807) is 0 Å². The number of hydrogen-bond acceptors (Lipinski definition) is 4. The minimum absolute atomic E-state index is 0.199. The summed E-state index contributed by atoms with van der Waals surface area (Å²) in [5, 5.41) is 7.67. The summed E-state index contributed by atoms with van der Waals surface area (Å²) >= 11 is 6.97. The summed E-state index contributed by atoms with van der Waals surface area (Å²) in [7, 11) is 1.38. The molecule has 0 saturated heterocycles. The second-order valence-electron chi connectivity index (χ2n) is 6.73. The molecule has 2 aromatic carbocycles. The number of rotatable bonds is 7. The van der Waals surface area contributed by atoms with E-state index in [0.717, 1.165) is 23.3 Å². The zero-order valence-electron chi connectivity index (χ0n) is 16.5. The summed E-state index contributed by atoms with van der Waals surface area (Å²) < 4.78 is 4.94. The van der Waals surface area contributed by atoms with Gasteiger partial charge in [-0.2, -0.15) is 0 Å². The number of carbonyl (C=O) groups is 1. The number of nitrogens with one attached hydrogen (secondary N) is 2.